The van der Waals surface area contributed by atoms with Gasteiger partial charge >= 0.3 is 0 Å². The maximum absolute atomic E-state index is 6.08. The molecule has 138 valence electrons. The molecule has 2 aromatic carbocycles. The van der Waals surface area contributed by atoms with Gasteiger partial charge in [0.25, 0.3) is 0 Å². The molecule has 1 atom stereocenters. The van der Waals surface area contributed by atoms with E-state index in [0.29, 0.717) is 12.0 Å². The number of benzene rings is 2. The molecule has 1 heterocycles. The van der Waals surface area contributed by atoms with Gasteiger partial charge in [-0.1, -0.05) is 36.8 Å². The van der Waals surface area contributed by atoms with Crippen LogP contribution in [-0.2, 0) is 6.54 Å². The Kier molecular flexibility index (Phi) is 6.50. The van der Waals surface area contributed by atoms with Crippen LogP contribution in [0.15, 0.2) is 59.6 Å². The highest BCUT2D eigenvalue weighted by Gasteiger charge is 2.22. The van der Waals surface area contributed by atoms with Crippen LogP contribution >= 0.6 is 0 Å². The zero-order valence-electron chi connectivity index (χ0n) is 15.4. The number of anilines is 1. The summed E-state index contributed by atoms with van der Waals surface area (Å²) >= 11 is 0. The fourth-order valence-electron chi connectivity index (χ4n) is 3.36. The number of ether oxygens (including phenoxy) is 1. The molecule has 5 nitrogen and oxygen atoms in total. The Hall–Kier alpha value is -2.53. The van der Waals surface area contributed by atoms with Crippen molar-refractivity contribution in [2.75, 3.05) is 25.5 Å². The van der Waals surface area contributed by atoms with Crippen LogP contribution in [0.3, 0.4) is 0 Å². The Labute approximate surface area is 155 Å². The summed E-state index contributed by atoms with van der Waals surface area (Å²) in [6.45, 7) is 2.83. The molecule has 3 rings (SSSR count). The van der Waals surface area contributed by atoms with Crippen molar-refractivity contribution in [3.63, 3.8) is 0 Å². The molecule has 26 heavy (non-hydrogen) atoms. The topological polar surface area (TPSA) is 62.9 Å². The lowest BCUT2D eigenvalue weighted by atomic mass is 10.0. The van der Waals surface area contributed by atoms with Crippen molar-refractivity contribution >= 4 is 11.6 Å². The van der Waals surface area contributed by atoms with Gasteiger partial charge in [0.1, 0.15) is 5.75 Å². The first-order valence-corrected chi connectivity index (χ1v) is 9.23. The first-order valence-electron chi connectivity index (χ1n) is 9.23. The summed E-state index contributed by atoms with van der Waals surface area (Å²) in [6, 6.07) is 18.8. The van der Waals surface area contributed by atoms with Gasteiger partial charge in [-0.2, -0.15) is 0 Å². The lowest BCUT2D eigenvalue weighted by Crippen LogP contribution is -2.41. The normalized spacial score (nSPS) is 18.5. The molecule has 0 aromatic heterocycles. The summed E-state index contributed by atoms with van der Waals surface area (Å²) in [5.41, 5.74) is 8.35. The molecule has 1 unspecified atom stereocenters. The van der Waals surface area contributed by atoms with Crippen molar-refractivity contribution in [1.29, 1.82) is 0 Å². The molecule has 0 saturated carbocycles. The van der Waals surface area contributed by atoms with E-state index in [1.165, 1.54) is 24.8 Å². The summed E-state index contributed by atoms with van der Waals surface area (Å²) in [4.78, 5) is 7.12. The molecule has 1 saturated heterocycles. The molecule has 1 aliphatic rings. The molecule has 0 bridgehead atoms. The summed E-state index contributed by atoms with van der Waals surface area (Å²) in [7, 11) is 1.66. The number of nitrogens with zero attached hydrogens (tertiary/aromatic N) is 2. The van der Waals surface area contributed by atoms with Crippen LogP contribution < -0.4 is 15.8 Å². The molecule has 3 N–H and O–H groups in total. The molecule has 0 spiro atoms. The molecule has 1 aliphatic heterocycles. The number of rotatable bonds is 6. The highest BCUT2D eigenvalue weighted by Crippen LogP contribution is 2.20. The van der Waals surface area contributed by atoms with Crippen LogP contribution in [0.4, 0.5) is 5.69 Å². The second kappa shape index (κ2) is 9.25. The molecule has 2 aromatic rings. The highest BCUT2D eigenvalue weighted by molar-refractivity contribution is 5.92. The third kappa shape index (κ3) is 5.23. The minimum atomic E-state index is 0.445. The monoisotopic (exact) mass is 352 g/mol. The van der Waals surface area contributed by atoms with Crippen LogP contribution in [0.1, 0.15) is 24.8 Å². The standard InChI is InChI=1S/C21H28N4O/c1-26-20-12-10-18(11-13-20)24-21(22)23-15-19-9-5-6-14-25(19)16-17-7-3-2-4-8-17/h2-4,7-8,10-13,19H,5-6,9,14-16H2,1H3,(H3,22,23,24). The fourth-order valence-corrected chi connectivity index (χ4v) is 3.36. The van der Waals surface area contributed by atoms with Crippen molar-refractivity contribution in [2.45, 2.75) is 31.8 Å². The molecule has 1 fully saturated rings. The fraction of sp³-hybridized carbons (Fsp3) is 0.381. The molecular formula is C21H28N4O. The molecule has 5 heteroatoms. The first-order chi connectivity index (χ1) is 12.7. The van der Waals surface area contributed by atoms with Crippen LogP contribution in [-0.4, -0.2) is 37.1 Å². The second-order valence-corrected chi connectivity index (χ2v) is 6.69. The average Bonchev–Trinajstić information content (AvgIpc) is 2.69. The van der Waals surface area contributed by atoms with Gasteiger partial charge in [-0.25, -0.2) is 0 Å². The second-order valence-electron chi connectivity index (χ2n) is 6.69. The van der Waals surface area contributed by atoms with Crippen molar-refractivity contribution in [3.05, 3.63) is 60.2 Å². The van der Waals surface area contributed by atoms with E-state index in [1.54, 1.807) is 7.11 Å². The minimum absolute atomic E-state index is 0.445. The average molecular weight is 352 g/mol. The Bertz CT molecular complexity index is 700. The molecular weight excluding hydrogens is 324 g/mol. The highest BCUT2D eigenvalue weighted by atomic mass is 16.5. The predicted molar refractivity (Wildman–Crippen MR) is 108 cm³/mol. The van der Waals surface area contributed by atoms with Gasteiger partial charge in [0.2, 0.25) is 0 Å². The van der Waals surface area contributed by atoms with E-state index < -0.39 is 0 Å². The Morgan fingerprint density at radius 1 is 1.15 bits per heavy atom. The van der Waals surface area contributed by atoms with Gasteiger partial charge in [0.15, 0.2) is 5.96 Å². The third-order valence-electron chi connectivity index (χ3n) is 4.81. The number of aliphatic imine (C=N–C) groups is 1. The van der Waals surface area contributed by atoms with Gasteiger partial charge < -0.3 is 15.8 Å². The SMILES string of the molecule is COc1ccc(NC(N)=NCC2CCCCN2Cc2ccccc2)cc1. The van der Waals surface area contributed by atoms with Gasteiger partial charge in [0.05, 0.1) is 13.7 Å². The lowest BCUT2D eigenvalue weighted by molar-refractivity contribution is 0.145. The van der Waals surface area contributed by atoms with Gasteiger partial charge in [-0.15, -0.1) is 0 Å². The van der Waals surface area contributed by atoms with E-state index in [1.807, 2.05) is 24.3 Å². The van der Waals surface area contributed by atoms with E-state index >= 15 is 0 Å². The quantitative estimate of drug-likeness (QED) is 0.617. The maximum Gasteiger partial charge on any atom is 0.193 e. The molecule has 0 aliphatic carbocycles. The van der Waals surface area contributed by atoms with Gasteiger partial charge in [-0.3, -0.25) is 9.89 Å². The van der Waals surface area contributed by atoms with Crippen LogP contribution in [0.25, 0.3) is 0 Å². The lowest BCUT2D eigenvalue weighted by Gasteiger charge is -2.35. The predicted octanol–water partition coefficient (Wildman–Crippen LogP) is 3.48. The number of guanidine groups is 1. The number of hydrogen-bond donors (Lipinski definition) is 2. The van der Waals surface area contributed by atoms with Gasteiger partial charge in [0, 0.05) is 18.3 Å². The van der Waals surface area contributed by atoms with Crippen molar-refractivity contribution < 1.29 is 4.74 Å². The Morgan fingerprint density at radius 3 is 2.65 bits per heavy atom. The Morgan fingerprint density at radius 2 is 1.92 bits per heavy atom. The van der Waals surface area contributed by atoms with Crippen molar-refractivity contribution in [2.24, 2.45) is 10.7 Å². The zero-order valence-corrected chi connectivity index (χ0v) is 15.4. The third-order valence-corrected chi connectivity index (χ3v) is 4.81. The van der Waals surface area contributed by atoms with E-state index in [0.717, 1.165) is 31.1 Å². The largest absolute Gasteiger partial charge is 0.497 e. The number of methoxy groups -OCH3 is 1. The van der Waals surface area contributed by atoms with Crippen molar-refractivity contribution in [3.8, 4) is 5.75 Å². The van der Waals surface area contributed by atoms with Crippen LogP contribution in [0.2, 0.25) is 0 Å². The number of likely N-dealkylation sites (tertiary alicyclic amines) is 1. The van der Waals surface area contributed by atoms with E-state index in [2.05, 4.69) is 45.5 Å². The summed E-state index contributed by atoms with van der Waals surface area (Å²) < 4.78 is 5.17. The van der Waals surface area contributed by atoms with E-state index in [4.69, 9.17) is 10.5 Å². The number of nitrogens with two attached hydrogens (primary N) is 1. The molecule has 0 amide bonds. The van der Waals surface area contributed by atoms with Crippen LogP contribution in [0, 0.1) is 0 Å². The first kappa shape index (κ1) is 18.3. The zero-order chi connectivity index (χ0) is 18.2. The number of hydrogen-bond acceptors (Lipinski definition) is 3. The summed E-state index contributed by atoms with van der Waals surface area (Å²) in [5, 5.41) is 3.15. The Balaban J connectivity index is 1.57. The van der Waals surface area contributed by atoms with E-state index in [9.17, 15) is 0 Å². The molecule has 0 radical (unpaired) electrons. The minimum Gasteiger partial charge on any atom is -0.497 e. The smallest absolute Gasteiger partial charge is 0.193 e. The van der Waals surface area contributed by atoms with E-state index in [-0.39, 0.29) is 0 Å². The van der Waals surface area contributed by atoms with Crippen LogP contribution in [0.5, 0.6) is 5.75 Å². The van der Waals surface area contributed by atoms with Gasteiger partial charge in [-0.05, 0) is 49.2 Å². The summed E-state index contributed by atoms with van der Waals surface area (Å²) in [6.07, 6.45) is 3.69. The summed E-state index contributed by atoms with van der Waals surface area (Å²) in [5.74, 6) is 1.28. The number of nitrogens with one attached hydrogen (secondary N) is 1. The maximum atomic E-state index is 6.08. The van der Waals surface area contributed by atoms with Crippen molar-refractivity contribution in [1.82, 2.24) is 4.90 Å². The number of piperidine rings is 1.